The van der Waals surface area contributed by atoms with Crippen molar-refractivity contribution in [2.75, 3.05) is 53.4 Å². The van der Waals surface area contributed by atoms with Crippen molar-refractivity contribution in [3.63, 3.8) is 0 Å². The molecule has 1 heterocycles. The number of hydrogen-bond donors (Lipinski definition) is 1. The van der Waals surface area contributed by atoms with Gasteiger partial charge in [0.2, 0.25) is 0 Å². The highest BCUT2D eigenvalue weighted by molar-refractivity contribution is 5.65. The molecule has 0 aliphatic carbocycles. The lowest BCUT2D eigenvalue weighted by Crippen LogP contribution is -2.48. The van der Waals surface area contributed by atoms with Crippen LogP contribution >= 0.6 is 0 Å². The third-order valence-electron chi connectivity index (χ3n) is 2.72. The summed E-state index contributed by atoms with van der Waals surface area (Å²) in [6.45, 7) is 5.22. The molecule has 0 aromatic heterocycles. The largest absolute Gasteiger partial charge is 0.465 e. The van der Waals surface area contributed by atoms with E-state index < -0.39 is 6.09 Å². The minimum Gasteiger partial charge on any atom is -0.465 e. The van der Waals surface area contributed by atoms with Crippen LogP contribution in [0.15, 0.2) is 0 Å². The SMILES string of the molecule is CN(C)CCCN1CCN(C(=O)O)CC1. The number of amides is 1. The molecule has 5 heteroatoms. The average molecular weight is 215 g/mol. The van der Waals surface area contributed by atoms with E-state index in [1.807, 2.05) is 0 Å². The van der Waals surface area contributed by atoms with Crippen LogP contribution in [0, 0.1) is 0 Å². The van der Waals surface area contributed by atoms with Crippen molar-refractivity contribution in [2.24, 2.45) is 0 Å². The van der Waals surface area contributed by atoms with Crippen molar-refractivity contribution in [2.45, 2.75) is 6.42 Å². The lowest BCUT2D eigenvalue weighted by atomic mass is 10.3. The van der Waals surface area contributed by atoms with Crippen LogP contribution in [-0.4, -0.2) is 79.3 Å². The van der Waals surface area contributed by atoms with Crippen LogP contribution in [0.3, 0.4) is 0 Å². The number of hydrogen-bond acceptors (Lipinski definition) is 3. The second-order valence-electron chi connectivity index (χ2n) is 4.27. The molecule has 1 aliphatic rings. The molecule has 1 rings (SSSR count). The van der Waals surface area contributed by atoms with Gasteiger partial charge in [-0.1, -0.05) is 0 Å². The van der Waals surface area contributed by atoms with Gasteiger partial charge in [0.1, 0.15) is 0 Å². The van der Waals surface area contributed by atoms with Gasteiger partial charge >= 0.3 is 6.09 Å². The van der Waals surface area contributed by atoms with E-state index in [9.17, 15) is 4.79 Å². The van der Waals surface area contributed by atoms with Crippen molar-refractivity contribution >= 4 is 6.09 Å². The first kappa shape index (κ1) is 12.3. The molecule has 1 fully saturated rings. The molecule has 1 aliphatic heterocycles. The predicted octanol–water partition coefficient (Wildman–Crippen LogP) is 0.234. The maximum atomic E-state index is 10.7. The van der Waals surface area contributed by atoms with Gasteiger partial charge in [-0.25, -0.2) is 4.79 Å². The summed E-state index contributed by atoms with van der Waals surface area (Å²) in [6, 6.07) is 0. The second-order valence-corrected chi connectivity index (χ2v) is 4.27. The zero-order valence-electron chi connectivity index (χ0n) is 9.65. The quantitative estimate of drug-likeness (QED) is 0.729. The molecule has 5 nitrogen and oxygen atoms in total. The zero-order chi connectivity index (χ0) is 11.3. The van der Waals surface area contributed by atoms with Crippen LogP contribution in [-0.2, 0) is 0 Å². The molecule has 0 unspecified atom stereocenters. The van der Waals surface area contributed by atoms with Gasteiger partial charge in [-0.3, -0.25) is 4.90 Å². The molecule has 1 saturated heterocycles. The van der Waals surface area contributed by atoms with E-state index in [1.165, 1.54) is 4.90 Å². The Hall–Kier alpha value is -0.810. The lowest BCUT2D eigenvalue weighted by molar-refractivity contribution is 0.104. The van der Waals surface area contributed by atoms with E-state index >= 15 is 0 Å². The molecule has 0 radical (unpaired) electrons. The number of piperazine rings is 1. The normalized spacial score (nSPS) is 18.5. The van der Waals surface area contributed by atoms with E-state index in [-0.39, 0.29) is 0 Å². The summed E-state index contributed by atoms with van der Waals surface area (Å²) in [5, 5.41) is 8.77. The molecule has 88 valence electrons. The van der Waals surface area contributed by atoms with Gasteiger partial charge < -0.3 is 14.9 Å². The molecule has 0 saturated carbocycles. The minimum absolute atomic E-state index is 0.650. The van der Waals surface area contributed by atoms with E-state index in [2.05, 4.69) is 23.9 Å². The Kier molecular flexibility index (Phi) is 4.84. The minimum atomic E-state index is -0.789. The molecule has 0 aromatic carbocycles. The first-order chi connectivity index (χ1) is 7.09. The fourth-order valence-corrected chi connectivity index (χ4v) is 1.77. The van der Waals surface area contributed by atoms with Gasteiger partial charge in [0, 0.05) is 26.2 Å². The summed E-state index contributed by atoms with van der Waals surface area (Å²) in [6.07, 6.45) is 0.364. The van der Waals surface area contributed by atoms with Crippen LogP contribution in [0.4, 0.5) is 4.79 Å². The Labute approximate surface area is 91.3 Å². The highest BCUT2D eigenvalue weighted by Gasteiger charge is 2.19. The third kappa shape index (κ3) is 4.48. The fourth-order valence-electron chi connectivity index (χ4n) is 1.77. The maximum absolute atomic E-state index is 10.7. The summed E-state index contributed by atoms with van der Waals surface area (Å²) in [4.78, 5) is 16.7. The molecule has 0 spiro atoms. The summed E-state index contributed by atoms with van der Waals surface area (Å²) in [5.74, 6) is 0. The van der Waals surface area contributed by atoms with Crippen molar-refractivity contribution in [1.82, 2.24) is 14.7 Å². The lowest BCUT2D eigenvalue weighted by Gasteiger charge is -2.33. The van der Waals surface area contributed by atoms with E-state index in [0.717, 1.165) is 32.6 Å². The summed E-state index contributed by atoms with van der Waals surface area (Å²) < 4.78 is 0. The molecule has 0 atom stereocenters. The van der Waals surface area contributed by atoms with Crippen molar-refractivity contribution in [1.29, 1.82) is 0 Å². The van der Waals surface area contributed by atoms with Crippen LogP contribution in [0.2, 0.25) is 0 Å². The molecule has 1 amide bonds. The predicted molar refractivity (Wildman–Crippen MR) is 59.2 cm³/mol. The molecule has 0 bridgehead atoms. The first-order valence-electron chi connectivity index (χ1n) is 5.44. The van der Waals surface area contributed by atoms with Crippen LogP contribution in [0.1, 0.15) is 6.42 Å². The number of carbonyl (C=O) groups is 1. The van der Waals surface area contributed by atoms with Crippen LogP contribution in [0.5, 0.6) is 0 Å². The summed E-state index contributed by atoms with van der Waals surface area (Å²) in [7, 11) is 4.14. The summed E-state index contributed by atoms with van der Waals surface area (Å²) in [5.41, 5.74) is 0. The molecule has 15 heavy (non-hydrogen) atoms. The number of rotatable bonds is 4. The highest BCUT2D eigenvalue weighted by Crippen LogP contribution is 2.02. The standard InChI is InChI=1S/C10H21N3O2/c1-11(2)4-3-5-12-6-8-13(9-7-12)10(14)15/h3-9H2,1-2H3,(H,14,15). The molecule has 1 N–H and O–H groups in total. The highest BCUT2D eigenvalue weighted by atomic mass is 16.4. The second kappa shape index (κ2) is 5.92. The fraction of sp³-hybridized carbons (Fsp3) is 0.900. The smallest absolute Gasteiger partial charge is 0.407 e. The van der Waals surface area contributed by atoms with Gasteiger partial charge in [-0.2, -0.15) is 0 Å². The van der Waals surface area contributed by atoms with Gasteiger partial charge in [-0.05, 0) is 33.6 Å². The van der Waals surface area contributed by atoms with Crippen molar-refractivity contribution in [3.8, 4) is 0 Å². The zero-order valence-corrected chi connectivity index (χ0v) is 9.65. The summed E-state index contributed by atoms with van der Waals surface area (Å²) >= 11 is 0. The Morgan fingerprint density at radius 2 is 1.87 bits per heavy atom. The topological polar surface area (TPSA) is 47.0 Å². The average Bonchev–Trinajstić information content (AvgIpc) is 2.18. The molecule has 0 aromatic rings. The van der Waals surface area contributed by atoms with Gasteiger partial charge in [0.25, 0.3) is 0 Å². The van der Waals surface area contributed by atoms with Gasteiger partial charge in [-0.15, -0.1) is 0 Å². The van der Waals surface area contributed by atoms with Gasteiger partial charge in [0.05, 0.1) is 0 Å². The Morgan fingerprint density at radius 1 is 1.27 bits per heavy atom. The van der Waals surface area contributed by atoms with Crippen molar-refractivity contribution < 1.29 is 9.90 Å². The Balaban J connectivity index is 2.12. The van der Waals surface area contributed by atoms with E-state index in [1.54, 1.807) is 0 Å². The van der Waals surface area contributed by atoms with E-state index in [0.29, 0.717) is 13.1 Å². The Morgan fingerprint density at radius 3 is 2.33 bits per heavy atom. The molecular weight excluding hydrogens is 194 g/mol. The molecular formula is C10H21N3O2. The van der Waals surface area contributed by atoms with Crippen molar-refractivity contribution in [3.05, 3.63) is 0 Å². The monoisotopic (exact) mass is 215 g/mol. The number of carboxylic acid groups (broad SMARTS) is 1. The Bertz CT molecular complexity index is 201. The van der Waals surface area contributed by atoms with Crippen LogP contribution < -0.4 is 0 Å². The van der Waals surface area contributed by atoms with Gasteiger partial charge in [0.15, 0.2) is 0 Å². The maximum Gasteiger partial charge on any atom is 0.407 e. The van der Waals surface area contributed by atoms with Crippen LogP contribution in [0.25, 0.3) is 0 Å². The third-order valence-corrected chi connectivity index (χ3v) is 2.72. The number of nitrogens with zero attached hydrogens (tertiary/aromatic N) is 3. The first-order valence-corrected chi connectivity index (χ1v) is 5.44. The van der Waals surface area contributed by atoms with E-state index in [4.69, 9.17) is 5.11 Å².